The van der Waals surface area contributed by atoms with Crippen LogP contribution in [0.2, 0.25) is 0 Å². The van der Waals surface area contributed by atoms with Crippen LogP contribution in [0.1, 0.15) is 377 Å². The van der Waals surface area contributed by atoms with Gasteiger partial charge >= 0.3 is 0 Å². The molecule has 6 aromatic rings. The summed E-state index contributed by atoms with van der Waals surface area (Å²) in [6.45, 7) is 83.5. The van der Waals surface area contributed by atoms with E-state index in [1.165, 1.54) is 72.9 Å². The molecule has 0 radical (unpaired) electrons. The third-order valence-corrected chi connectivity index (χ3v) is 33.0. The van der Waals surface area contributed by atoms with Gasteiger partial charge in [0.25, 0.3) is 0 Å². The zero-order valence-corrected chi connectivity index (χ0v) is 90.5. The van der Waals surface area contributed by atoms with Gasteiger partial charge in [-0.05, 0) is 373 Å². The molecule has 18 unspecified atom stereocenters. The van der Waals surface area contributed by atoms with Crippen molar-refractivity contribution in [2.24, 2.45) is 53.3 Å². The molecule has 764 valence electrons. The molecule has 0 heterocycles. The lowest BCUT2D eigenvalue weighted by Gasteiger charge is -2.38. The smallest absolute Gasteiger partial charge is 0.130 e. The normalized spacial score (nSPS) is 25.8. The lowest BCUT2D eigenvalue weighted by molar-refractivity contribution is 0.360. The van der Waals surface area contributed by atoms with Crippen LogP contribution in [0.4, 0.5) is 0 Å². The Morgan fingerprint density at radius 3 is 0.643 bits per heavy atom. The van der Waals surface area contributed by atoms with Gasteiger partial charge < -0.3 is 56.2 Å². The molecule has 0 bridgehead atoms. The Hall–Kier alpha value is -11.8. The minimum atomic E-state index is -0.219. The van der Waals surface area contributed by atoms with Gasteiger partial charge in [-0.1, -0.05) is 262 Å². The van der Waals surface area contributed by atoms with Crippen LogP contribution in [0.3, 0.4) is 0 Å². The molecule has 18 atom stereocenters. The molecule has 0 aromatic heterocycles. The molecule has 0 amide bonds. The van der Waals surface area contributed by atoms with Crippen molar-refractivity contribution in [1.29, 1.82) is 0 Å². The molecular weight excluding hydrogens is 1760 g/mol. The summed E-state index contributed by atoms with van der Waals surface area (Å²) in [6.07, 6.45) is 41.9. The third kappa shape index (κ3) is 25.8. The van der Waals surface area contributed by atoms with Gasteiger partial charge in [-0.25, -0.2) is 0 Å². The van der Waals surface area contributed by atoms with Gasteiger partial charge in [-0.15, -0.1) is 0 Å². The molecule has 9 aliphatic rings. The van der Waals surface area contributed by atoms with Crippen LogP contribution in [0.25, 0.3) is 12.2 Å². The van der Waals surface area contributed by atoms with Gasteiger partial charge in [0.15, 0.2) is 0 Å². The highest BCUT2D eigenvalue weighted by Crippen LogP contribution is 2.62. The Kier molecular flexibility index (Phi) is 37.3. The number of allylic oxidation sites excluding steroid dienone is 27. The Balaban J connectivity index is 0.000000175. The summed E-state index contributed by atoms with van der Waals surface area (Å²) in [7, 11) is 0. The van der Waals surface area contributed by atoms with Crippen molar-refractivity contribution in [3.63, 3.8) is 0 Å². The van der Waals surface area contributed by atoms with Gasteiger partial charge in [0.1, 0.15) is 63.2 Å². The molecule has 0 saturated carbocycles. The van der Waals surface area contributed by atoms with E-state index in [4.69, 9.17) is 0 Å². The largest absolute Gasteiger partial charge is 0.508 e. The average Bonchev–Trinajstić information content (AvgIpc) is 0.730. The fraction of sp³-hybridized carbons (Fsp3) is 0.439. The van der Waals surface area contributed by atoms with E-state index in [0.29, 0.717) is 50.6 Å². The Bertz CT molecular complexity index is 5850. The standard InChI is InChI=1S/C36H48O3.C35H42O2.C26H34O3.C18H24O.C17H22O2/c1-19(2)25-13-10-22(7)16-28(25)31-34(37)32(29-17-23(8)11-14-26(29)20(3)4)36(39)33(35(31)38)30-18-24(9)12-15-27(30)21(5)6;1-21(2)28-16-10-24(6)18-30(28)33-27(15-14-26-12-8-23(5)9-13-26)20-32(36)34(35(33)37)31-19-25(7)11-17-29(31)22(3)4;1-14(2)18-9-7-16(5)11-20(18)24-22(27)13-23(28)25(26(24)29)21-12-17(6)8-10-19(21)15(3)4;1-11(2)15-7-6-12(3)9-16(15)18-14(5)8-13(4)10-17(18)19;1-10(2)13-6-5-11(3)7-14(13)17-15(18)8-12(4)9-16(17)19/h16-18,25-30,37-39H,1,3,5,10-15H2,2,4,6-9H3;8-9,12-15,18-20,28-31,36-37H,1,3,10-11,16-17H2,2,4-7H3;11-13,18-21,27-29H,1,3,7-10H2,2,4-6H3;8-10,15-16,19H,1,6-7H2,2-5H3;7-9,13-14,18-19H,1,5-6H2,2-4H3/b;15-14+;;;. The van der Waals surface area contributed by atoms with Crippen molar-refractivity contribution in [3.8, 4) is 63.2 Å². The van der Waals surface area contributed by atoms with Crippen LogP contribution in [-0.4, -0.2) is 56.2 Å². The second kappa shape index (κ2) is 47.8. The van der Waals surface area contributed by atoms with Gasteiger partial charge in [0, 0.05) is 109 Å². The minimum absolute atomic E-state index is 0.000197. The van der Waals surface area contributed by atoms with Crippen LogP contribution in [0, 0.1) is 81.0 Å². The maximum atomic E-state index is 12.1. The predicted molar refractivity (Wildman–Crippen MR) is 601 cm³/mol. The number of hydrogen-bond donors (Lipinski definition) is 11. The van der Waals surface area contributed by atoms with Crippen LogP contribution in [0.15, 0.2) is 275 Å². The molecule has 9 aliphatic carbocycles. The Labute approximate surface area is 858 Å². The van der Waals surface area contributed by atoms with E-state index in [-0.39, 0.29) is 158 Å². The van der Waals surface area contributed by atoms with Gasteiger partial charge in [0.05, 0.1) is 0 Å². The number of phenolic OH excluding ortho intramolecular Hbond substituents is 11. The van der Waals surface area contributed by atoms with Crippen LogP contribution >= 0.6 is 0 Å². The summed E-state index contributed by atoms with van der Waals surface area (Å²) < 4.78 is 0. The van der Waals surface area contributed by atoms with E-state index in [9.17, 15) is 56.2 Å². The summed E-state index contributed by atoms with van der Waals surface area (Å²) in [5.74, 6) is 2.03. The third-order valence-electron chi connectivity index (χ3n) is 33.0. The van der Waals surface area contributed by atoms with E-state index in [1.807, 2.05) is 73.6 Å². The quantitative estimate of drug-likeness (QED) is 0.0255. The van der Waals surface area contributed by atoms with Crippen molar-refractivity contribution >= 4 is 12.2 Å². The summed E-state index contributed by atoms with van der Waals surface area (Å²) in [6, 6.07) is 19.1. The van der Waals surface area contributed by atoms with Gasteiger partial charge in [-0.2, -0.15) is 0 Å². The van der Waals surface area contributed by atoms with Gasteiger partial charge in [0.2, 0.25) is 0 Å². The van der Waals surface area contributed by atoms with Crippen LogP contribution in [0.5, 0.6) is 63.2 Å². The molecule has 0 saturated heterocycles. The summed E-state index contributed by atoms with van der Waals surface area (Å²) in [5.41, 5.74) is 33.4. The first-order valence-electron chi connectivity index (χ1n) is 52.5. The first-order valence-corrected chi connectivity index (χ1v) is 52.5. The maximum Gasteiger partial charge on any atom is 0.130 e. The molecule has 0 spiro atoms. The highest BCUT2D eigenvalue weighted by atomic mass is 16.3. The molecule has 11 N–H and O–H groups in total. The monoisotopic (exact) mass is 1930 g/mol. The number of rotatable bonds is 20. The number of aromatic hydroxyl groups is 11. The van der Waals surface area contributed by atoms with Crippen LogP contribution in [-0.2, 0) is 0 Å². The molecular formula is C132H170O11. The van der Waals surface area contributed by atoms with E-state index in [1.54, 1.807) is 12.1 Å². The Morgan fingerprint density at radius 2 is 0.399 bits per heavy atom. The topological polar surface area (TPSA) is 223 Å². The molecule has 11 nitrogen and oxygen atoms in total. The highest BCUT2D eigenvalue weighted by molar-refractivity contribution is 5.77. The number of benzene rings is 6. The molecule has 15 rings (SSSR count). The lowest BCUT2D eigenvalue weighted by atomic mass is 9.67. The first-order chi connectivity index (χ1) is 67.3. The maximum absolute atomic E-state index is 12.1. The fourth-order valence-electron chi connectivity index (χ4n) is 25.1. The number of aryl methyl sites for hydroxylation is 4. The highest BCUT2D eigenvalue weighted by Gasteiger charge is 2.45. The van der Waals surface area contributed by atoms with Crippen molar-refractivity contribution in [1.82, 2.24) is 0 Å². The molecule has 6 aromatic carbocycles. The second-order valence-electron chi connectivity index (χ2n) is 45.3. The van der Waals surface area contributed by atoms with Crippen LogP contribution < -0.4 is 0 Å². The second-order valence-corrected chi connectivity index (χ2v) is 45.3. The van der Waals surface area contributed by atoms with Crippen molar-refractivity contribution in [2.75, 3.05) is 0 Å². The SMILES string of the molecule is C=C(C)C1CCC(C)=CC1c1c(C)cc(C)cc1O.C=C(C)C1CCC(C)=CC1c1c(O)c(C2C=C(C)CCC2C(=C)C)c(O)c(C2C=C(C)CCC2C(=C)C)c1O.C=C(C)C1CCC(C)=CC1c1c(O)cc(/C=C/c2ccc(C)cc2)c(C2C=C(C)CCC2C(=C)C)c1O.C=C(C)C1CCC(C)=CC1c1c(O)cc(C)cc1O.C=C(C)C1CCC(C)=CC1c1c(O)cc(O)c(C2C=C(C)CCC2C(=C)C)c1O. The number of hydrogen-bond acceptors (Lipinski definition) is 11. The van der Waals surface area contributed by atoms with E-state index in [0.717, 1.165) is 194 Å². The molecule has 0 aliphatic heterocycles. The van der Waals surface area contributed by atoms with Crippen molar-refractivity contribution in [2.45, 2.75) is 321 Å². The predicted octanol–water partition coefficient (Wildman–Crippen LogP) is 35.7. The first kappa shape index (κ1) is 112. The summed E-state index contributed by atoms with van der Waals surface area (Å²) in [5, 5.41) is 123. The summed E-state index contributed by atoms with van der Waals surface area (Å²) >= 11 is 0. The van der Waals surface area contributed by atoms with E-state index >= 15 is 0 Å². The summed E-state index contributed by atoms with van der Waals surface area (Å²) in [4.78, 5) is 0. The van der Waals surface area contributed by atoms with E-state index in [2.05, 4.69) is 247 Å². The average molecular weight is 1930 g/mol. The van der Waals surface area contributed by atoms with E-state index < -0.39 is 0 Å². The molecule has 0 fully saturated rings. The number of phenols is 11. The Morgan fingerprint density at radius 1 is 0.210 bits per heavy atom. The lowest BCUT2D eigenvalue weighted by Crippen LogP contribution is -2.22. The van der Waals surface area contributed by atoms with Crippen molar-refractivity contribution < 1.29 is 56.2 Å². The minimum Gasteiger partial charge on any atom is -0.508 e. The fourth-order valence-corrected chi connectivity index (χ4v) is 25.1. The zero-order chi connectivity index (χ0) is 105. The molecule has 143 heavy (non-hydrogen) atoms. The zero-order valence-electron chi connectivity index (χ0n) is 90.5. The van der Waals surface area contributed by atoms with Crippen molar-refractivity contribution in [3.05, 3.63) is 358 Å². The molecule has 11 heteroatoms. The van der Waals surface area contributed by atoms with Gasteiger partial charge in [-0.3, -0.25) is 0 Å².